The molecule has 6 nitrogen and oxygen atoms in total. The Labute approximate surface area is 165 Å². The molecule has 4 heterocycles. The number of nitrogens with zero attached hydrogens (tertiary/aromatic N) is 6. The van der Waals surface area contributed by atoms with Crippen molar-refractivity contribution in [3.05, 3.63) is 65.1 Å². The summed E-state index contributed by atoms with van der Waals surface area (Å²) >= 11 is 0. The van der Waals surface area contributed by atoms with Gasteiger partial charge < -0.3 is 4.57 Å². The average Bonchev–Trinajstić information content (AvgIpc) is 3.39. The Morgan fingerprint density at radius 3 is 2.68 bits per heavy atom. The van der Waals surface area contributed by atoms with Crippen LogP contribution in [0, 0.1) is 13.8 Å². The lowest BCUT2D eigenvalue weighted by atomic mass is 10.0. The maximum absolute atomic E-state index is 4.91. The van der Waals surface area contributed by atoms with E-state index in [0.29, 0.717) is 0 Å². The molecule has 0 bridgehead atoms. The second-order valence-electron chi connectivity index (χ2n) is 7.13. The van der Waals surface area contributed by atoms with E-state index in [1.165, 1.54) is 11.1 Å². The Morgan fingerprint density at radius 1 is 1.11 bits per heavy atom. The number of hydrogen-bond donors (Lipinski definition) is 0. The molecule has 1 atom stereocenters. The lowest BCUT2D eigenvalue weighted by Gasteiger charge is -2.05. The molecule has 0 saturated carbocycles. The van der Waals surface area contributed by atoms with Crippen LogP contribution in [0.1, 0.15) is 55.2 Å². The number of rotatable bonds is 3. The van der Waals surface area contributed by atoms with Gasteiger partial charge in [-0.1, -0.05) is 45.0 Å². The van der Waals surface area contributed by atoms with E-state index in [-0.39, 0.29) is 5.92 Å². The van der Waals surface area contributed by atoms with Gasteiger partial charge >= 0.3 is 0 Å². The largest absolute Gasteiger partial charge is 0.326 e. The third-order valence-electron chi connectivity index (χ3n) is 5.14. The molecule has 0 N–H and O–H groups in total. The zero-order chi connectivity index (χ0) is 19.8. The van der Waals surface area contributed by atoms with E-state index < -0.39 is 0 Å². The van der Waals surface area contributed by atoms with Gasteiger partial charge in [0.2, 0.25) is 0 Å². The first-order chi connectivity index (χ1) is 13.6. The summed E-state index contributed by atoms with van der Waals surface area (Å²) in [4.78, 5) is 14.0. The van der Waals surface area contributed by atoms with Crippen molar-refractivity contribution in [3.8, 4) is 11.4 Å². The molecular formula is C22H26N6. The molecule has 3 aromatic heterocycles. The van der Waals surface area contributed by atoms with Crippen LogP contribution in [0.4, 0.5) is 0 Å². The third kappa shape index (κ3) is 2.99. The fraction of sp³-hybridized carbons (Fsp3) is 0.364. The summed E-state index contributed by atoms with van der Waals surface area (Å²) in [6.45, 7) is 11.1. The number of aryl methyl sites for hydroxylation is 2. The molecule has 0 amide bonds. The summed E-state index contributed by atoms with van der Waals surface area (Å²) in [5, 5.41) is 4.67. The third-order valence-corrected chi connectivity index (χ3v) is 5.14. The van der Waals surface area contributed by atoms with Crippen LogP contribution in [0.25, 0.3) is 17.0 Å². The molecule has 0 saturated heterocycles. The van der Waals surface area contributed by atoms with E-state index in [1.807, 2.05) is 38.4 Å². The Kier molecular flexibility index (Phi) is 4.71. The van der Waals surface area contributed by atoms with Crippen LogP contribution < -0.4 is 0 Å². The highest BCUT2D eigenvalue weighted by Gasteiger charge is 2.23. The molecule has 1 aliphatic heterocycles. The van der Waals surface area contributed by atoms with Gasteiger partial charge in [-0.2, -0.15) is 5.10 Å². The maximum atomic E-state index is 4.91. The predicted octanol–water partition coefficient (Wildman–Crippen LogP) is 4.34. The van der Waals surface area contributed by atoms with Crippen LogP contribution in [-0.4, -0.2) is 29.1 Å². The van der Waals surface area contributed by atoms with Crippen molar-refractivity contribution >= 4 is 5.65 Å². The first-order valence-corrected chi connectivity index (χ1v) is 9.93. The normalized spacial score (nSPS) is 13.0. The summed E-state index contributed by atoms with van der Waals surface area (Å²) in [6, 6.07) is 8.48. The van der Waals surface area contributed by atoms with Gasteiger partial charge in [-0.25, -0.2) is 14.5 Å². The van der Waals surface area contributed by atoms with Gasteiger partial charge in [0.05, 0.1) is 17.1 Å². The van der Waals surface area contributed by atoms with E-state index in [2.05, 4.69) is 52.0 Å². The van der Waals surface area contributed by atoms with E-state index >= 15 is 0 Å². The number of benzene rings is 1. The molecule has 1 aliphatic rings. The monoisotopic (exact) mass is 374 g/mol. The highest BCUT2D eigenvalue weighted by Crippen LogP contribution is 2.32. The summed E-state index contributed by atoms with van der Waals surface area (Å²) in [6.07, 6.45) is 4.77. The topological polar surface area (TPSA) is 60.9 Å². The molecule has 1 unspecified atom stereocenters. The minimum Gasteiger partial charge on any atom is -0.326 e. The van der Waals surface area contributed by atoms with Gasteiger partial charge in [0.15, 0.2) is 11.5 Å². The summed E-state index contributed by atoms with van der Waals surface area (Å²) in [5.41, 5.74) is 6.42. The minimum absolute atomic E-state index is 0.256. The van der Waals surface area contributed by atoms with Crippen molar-refractivity contribution in [2.45, 2.75) is 53.5 Å². The molecule has 6 heteroatoms. The molecule has 28 heavy (non-hydrogen) atoms. The fourth-order valence-corrected chi connectivity index (χ4v) is 3.67. The predicted molar refractivity (Wildman–Crippen MR) is 110 cm³/mol. The Morgan fingerprint density at radius 2 is 1.89 bits per heavy atom. The van der Waals surface area contributed by atoms with Crippen LogP contribution >= 0.6 is 0 Å². The van der Waals surface area contributed by atoms with Crippen LogP contribution in [-0.2, 0) is 13.0 Å². The molecule has 1 aromatic carbocycles. The highest BCUT2D eigenvalue weighted by molar-refractivity contribution is 5.65. The molecule has 4 aromatic rings. The standard InChI is InChI=1S/C20H20N6.C2H6/c1-12(8-18-23-19-14(3)21-9-13(2)26(19)24-18)17-11-25-10-15-6-4-5-7-16(15)20(25)22-17;1-2/h4-7,9,11-12H,8,10H2,1-3H3;1-2H3. The molecule has 0 fully saturated rings. The van der Waals surface area contributed by atoms with E-state index in [1.54, 1.807) is 0 Å². The second-order valence-corrected chi connectivity index (χ2v) is 7.13. The van der Waals surface area contributed by atoms with Gasteiger partial charge in [-0.05, 0) is 19.4 Å². The van der Waals surface area contributed by atoms with Crippen LogP contribution in [0.3, 0.4) is 0 Å². The maximum Gasteiger partial charge on any atom is 0.177 e. The fourth-order valence-electron chi connectivity index (χ4n) is 3.67. The lowest BCUT2D eigenvalue weighted by Crippen LogP contribution is -2.02. The molecule has 5 rings (SSSR count). The summed E-state index contributed by atoms with van der Waals surface area (Å²) in [7, 11) is 0. The van der Waals surface area contributed by atoms with E-state index in [9.17, 15) is 0 Å². The average molecular weight is 374 g/mol. The molecule has 0 aliphatic carbocycles. The number of aromatic nitrogens is 6. The van der Waals surface area contributed by atoms with Crippen molar-refractivity contribution < 1.29 is 0 Å². The number of hydrogen-bond acceptors (Lipinski definition) is 4. The Bertz CT molecular complexity index is 1100. The van der Waals surface area contributed by atoms with Crippen LogP contribution in [0.2, 0.25) is 0 Å². The summed E-state index contributed by atoms with van der Waals surface area (Å²) < 4.78 is 4.12. The minimum atomic E-state index is 0.256. The quantitative estimate of drug-likeness (QED) is 0.471. The smallest absolute Gasteiger partial charge is 0.177 e. The van der Waals surface area contributed by atoms with Crippen molar-refractivity contribution in [2.75, 3.05) is 0 Å². The van der Waals surface area contributed by atoms with E-state index in [4.69, 9.17) is 9.97 Å². The molecule has 0 spiro atoms. The van der Waals surface area contributed by atoms with Gasteiger partial charge in [-0.15, -0.1) is 0 Å². The lowest BCUT2D eigenvalue weighted by molar-refractivity contribution is 0.693. The van der Waals surface area contributed by atoms with Gasteiger partial charge in [0, 0.05) is 36.8 Å². The highest BCUT2D eigenvalue weighted by atomic mass is 15.3. The van der Waals surface area contributed by atoms with Crippen molar-refractivity contribution in [3.63, 3.8) is 0 Å². The first kappa shape index (κ1) is 18.3. The SMILES string of the molecule is CC.Cc1ncc(C)n2nc(CC(C)c3cn4c(n3)-c3ccccc3C4)nc12. The zero-order valence-corrected chi connectivity index (χ0v) is 17.1. The van der Waals surface area contributed by atoms with Gasteiger partial charge in [0.1, 0.15) is 5.82 Å². The number of fused-ring (bicyclic) bond motifs is 4. The van der Waals surface area contributed by atoms with E-state index in [0.717, 1.165) is 47.3 Å². The van der Waals surface area contributed by atoms with Crippen molar-refractivity contribution in [1.29, 1.82) is 0 Å². The Balaban J connectivity index is 0.000000932. The molecular weight excluding hydrogens is 348 g/mol. The zero-order valence-electron chi connectivity index (χ0n) is 17.1. The van der Waals surface area contributed by atoms with Gasteiger partial charge in [-0.3, -0.25) is 4.98 Å². The van der Waals surface area contributed by atoms with Crippen molar-refractivity contribution in [1.82, 2.24) is 29.1 Å². The van der Waals surface area contributed by atoms with Crippen LogP contribution in [0.5, 0.6) is 0 Å². The Hall–Kier alpha value is -3.02. The van der Waals surface area contributed by atoms with Crippen LogP contribution in [0.15, 0.2) is 36.7 Å². The first-order valence-electron chi connectivity index (χ1n) is 9.93. The second kappa shape index (κ2) is 7.19. The van der Waals surface area contributed by atoms with Crippen molar-refractivity contribution in [2.24, 2.45) is 0 Å². The molecule has 0 radical (unpaired) electrons. The molecule has 144 valence electrons. The van der Waals surface area contributed by atoms with Gasteiger partial charge in [0.25, 0.3) is 0 Å². The number of imidazole rings is 1. The summed E-state index contributed by atoms with van der Waals surface area (Å²) in [5.74, 6) is 2.16.